The van der Waals surface area contributed by atoms with Crippen molar-refractivity contribution in [2.24, 2.45) is 0 Å². The molecule has 0 aliphatic heterocycles. The fraction of sp³-hybridized carbons (Fsp3) is 0.333. The third-order valence-corrected chi connectivity index (χ3v) is 8.54. The van der Waals surface area contributed by atoms with E-state index >= 15 is 0 Å². The molecule has 0 saturated heterocycles. The predicted octanol–water partition coefficient (Wildman–Crippen LogP) is 5.87. The van der Waals surface area contributed by atoms with E-state index in [0.29, 0.717) is 30.0 Å². The van der Waals surface area contributed by atoms with Gasteiger partial charge in [-0.2, -0.15) is 0 Å². The van der Waals surface area contributed by atoms with Crippen molar-refractivity contribution in [3.05, 3.63) is 112 Å². The van der Waals surface area contributed by atoms with E-state index in [1.165, 1.54) is 45.8 Å². The van der Waals surface area contributed by atoms with E-state index in [2.05, 4.69) is 10.6 Å². The molecule has 0 spiro atoms. The number of aromatic carboxylic acids is 1. The highest BCUT2D eigenvalue weighted by Gasteiger charge is 2.18. The van der Waals surface area contributed by atoms with E-state index in [9.17, 15) is 33.1 Å². The summed E-state index contributed by atoms with van der Waals surface area (Å²) in [5.41, 5.74) is -0.315. The molecule has 2 aromatic heterocycles. The van der Waals surface area contributed by atoms with Crippen LogP contribution < -0.4 is 21.8 Å². The van der Waals surface area contributed by atoms with Crippen molar-refractivity contribution in [2.75, 3.05) is 71.1 Å². The molecule has 0 aliphatic carbocycles. The Morgan fingerprint density at radius 1 is 0.685 bits per heavy atom. The van der Waals surface area contributed by atoms with Crippen LogP contribution in [0.3, 0.4) is 0 Å². The number of rotatable bonds is 19. The number of pyridine rings is 2. The van der Waals surface area contributed by atoms with Gasteiger partial charge in [0.15, 0.2) is 0 Å². The highest BCUT2D eigenvalue weighted by atomic mass is 127. The summed E-state index contributed by atoms with van der Waals surface area (Å²) < 4.78 is 57.7. The SMILES string of the molecule is CCOC(=O)c1cn(CCOCCOC)c(=O)cc1Nc1ccc(I)cc1F.COCCOCCn1cc(C(=O)O)c(Nc2ccc(I)cc2F)cc1=O. The van der Waals surface area contributed by atoms with Crippen LogP contribution in [0.4, 0.5) is 31.5 Å². The van der Waals surface area contributed by atoms with E-state index in [1.807, 2.05) is 45.2 Å². The summed E-state index contributed by atoms with van der Waals surface area (Å²) in [6.45, 7) is 4.50. The molecule has 0 bridgehead atoms. The van der Waals surface area contributed by atoms with E-state index in [1.54, 1.807) is 39.3 Å². The van der Waals surface area contributed by atoms with Crippen molar-refractivity contribution in [1.29, 1.82) is 0 Å². The first kappa shape index (κ1) is 44.4. The van der Waals surface area contributed by atoms with Crippen LogP contribution in [0.15, 0.2) is 70.5 Å². The predicted molar refractivity (Wildman–Crippen MR) is 215 cm³/mol. The summed E-state index contributed by atoms with van der Waals surface area (Å²) in [4.78, 5) is 48.5. The lowest BCUT2D eigenvalue weighted by Gasteiger charge is -2.15. The smallest absolute Gasteiger partial charge is 0.341 e. The van der Waals surface area contributed by atoms with Crippen LogP contribution in [0.1, 0.15) is 27.6 Å². The highest BCUT2D eigenvalue weighted by molar-refractivity contribution is 14.1. The zero-order chi connectivity index (χ0) is 39.6. The number of esters is 1. The van der Waals surface area contributed by atoms with Crippen molar-refractivity contribution in [3.8, 4) is 0 Å². The summed E-state index contributed by atoms with van der Waals surface area (Å²) in [5.74, 6) is -2.86. The molecule has 4 rings (SSSR count). The highest BCUT2D eigenvalue weighted by Crippen LogP contribution is 2.25. The Labute approximate surface area is 337 Å². The number of halogens is 4. The molecule has 54 heavy (non-hydrogen) atoms. The first-order valence-electron chi connectivity index (χ1n) is 16.3. The molecule has 0 atom stereocenters. The monoisotopic (exact) mass is 980 g/mol. The lowest BCUT2D eigenvalue weighted by Crippen LogP contribution is -2.25. The minimum Gasteiger partial charge on any atom is -0.478 e. The van der Waals surface area contributed by atoms with Gasteiger partial charge in [-0.15, -0.1) is 0 Å². The molecule has 0 aliphatic rings. The molecule has 0 radical (unpaired) electrons. The molecule has 2 heterocycles. The summed E-state index contributed by atoms with van der Waals surface area (Å²) in [7, 11) is 3.12. The molecule has 14 nitrogen and oxygen atoms in total. The topological polar surface area (TPSA) is 169 Å². The number of hydrogen-bond acceptors (Lipinski definition) is 11. The summed E-state index contributed by atoms with van der Waals surface area (Å²) in [5, 5.41) is 14.9. The lowest BCUT2D eigenvalue weighted by molar-refractivity contribution is 0.0524. The molecule has 0 saturated carbocycles. The second-order valence-electron chi connectivity index (χ2n) is 11.0. The van der Waals surface area contributed by atoms with E-state index in [-0.39, 0.29) is 72.3 Å². The Hall–Kier alpha value is -3.96. The van der Waals surface area contributed by atoms with Gasteiger partial charge in [0.1, 0.15) is 11.6 Å². The van der Waals surface area contributed by atoms with Crippen LogP contribution in [-0.4, -0.2) is 86.6 Å². The average molecular weight is 981 g/mol. The zero-order valence-corrected chi connectivity index (χ0v) is 34.0. The van der Waals surface area contributed by atoms with Crippen LogP contribution in [-0.2, 0) is 36.8 Å². The van der Waals surface area contributed by atoms with Crippen molar-refractivity contribution in [3.63, 3.8) is 0 Å². The number of hydrogen-bond donors (Lipinski definition) is 3. The Morgan fingerprint density at radius 3 is 1.54 bits per heavy atom. The van der Waals surface area contributed by atoms with Crippen LogP contribution in [0.2, 0.25) is 0 Å². The van der Waals surface area contributed by atoms with Crippen molar-refractivity contribution in [2.45, 2.75) is 20.0 Å². The van der Waals surface area contributed by atoms with Gasteiger partial charge < -0.3 is 48.6 Å². The maximum atomic E-state index is 14.2. The summed E-state index contributed by atoms with van der Waals surface area (Å²) in [6, 6.07) is 11.5. The zero-order valence-electron chi connectivity index (χ0n) is 29.7. The molecule has 18 heteroatoms. The van der Waals surface area contributed by atoms with Gasteiger partial charge in [-0.3, -0.25) is 9.59 Å². The Morgan fingerprint density at radius 2 is 1.13 bits per heavy atom. The molecule has 2 aromatic carbocycles. The normalized spacial score (nSPS) is 10.7. The number of carboxylic acids is 1. The van der Waals surface area contributed by atoms with Crippen molar-refractivity contribution >= 4 is 79.9 Å². The van der Waals surface area contributed by atoms with Crippen LogP contribution >= 0.6 is 45.2 Å². The van der Waals surface area contributed by atoms with Gasteiger partial charge in [0.25, 0.3) is 11.1 Å². The van der Waals surface area contributed by atoms with Crippen molar-refractivity contribution in [1.82, 2.24) is 9.13 Å². The second-order valence-corrected chi connectivity index (χ2v) is 13.5. The quantitative estimate of drug-likeness (QED) is 0.0582. The molecule has 292 valence electrons. The number of methoxy groups -OCH3 is 2. The molecule has 0 fully saturated rings. The summed E-state index contributed by atoms with van der Waals surface area (Å²) in [6.07, 6.45) is 2.62. The third kappa shape index (κ3) is 14.0. The molecular formula is C36H40F2I2N4O10. The van der Waals surface area contributed by atoms with Crippen LogP contribution in [0, 0.1) is 18.8 Å². The summed E-state index contributed by atoms with van der Waals surface area (Å²) >= 11 is 3.96. The number of nitrogens with one attached hydrogen (secondary N) is 2. The number of carboxylic acid groups (broad SMARTS) is 1. The fourth-order valence-corrected chi connectivity index (χ4v) is 5.44. The molecular weight excluding hydrogens is 940 g/mol. The molecule has 3 N–H and O–H groups in total. The van der Waals surface area contributed by atoms with Gasteiger partial charge in [-0.25, -0.2) is 18.4 Å². The fourth-order valence-electron chi connectivity index (χ4n) is 4.53. The van der Waals surface area contributed by atoms with Gasteiger partial charge in [0, 0.05) is 59.0 Å². The number of carbonyl (C=O) groups excluding carboxylic acids is 1. The van der Waals surface area contributed by atoms with Crippen LogP contribution in [0.25, 0.3) is 0 Å². The molecule has 4 aromatic rings. The van der Waals surface area contributed by atoms with Gasteiger partial charge in [0.05, 0.1) is 80.1 Å². The Balaban J connectivity index is 0.000000291. The number of nitrogens with zero attached hydrogens (tertiary/aromatic N) is 2. The molecule has 0 unspecified atom stereocenters. The molecule has 0 amide bonds. The minimum absolute atomic E-state index is 0.0270. The standard InChI is InChI=1S/C19H22FIN2O5.C17H18FIN2O5/c1-3-28-19(25)14-12-23(6-7-27-9-8-26-2)18(24)11-17(14)22-16-5-4-13(21)10-15(16)20;1-25-6-7-26-5-4-21-10-12(17(23)24)15(9-16(21)22)20-14-3-2-11(19)8-13(14)18/h4-5,10-12,22H,3,6-9H2,1-2H3;2-3,8-10,20H,4-7H2,1H3,(H,23,24). The second kappa shape index (κ2) is 23.1. The van der Waals surface area contributed by atoms with E-state index < -0.39 is 29.1 Å². The Bertz CT molecular complexity index is 1990. The largest absolute Gasteiger partial charge is 0.478 e. The van der Waals surface area contributed by atoms with Gasteiger partial charge in [0.2, 0.25) is 0 Å². The maximum absolute atomic E-state index is 14.2. The lowest BCUT2D eigenvalue weighted by atomic mass is 10.2. The number of aromatic nitrogens is 2. The number of anilines is 4. The van der Waals surface area contributed by atoms with E-state index in [0.717, 1.165) is 9.64 Å². The van der Waals surface area contributed by atoms with Gasteiger partial charge >= 0.3 is 11.9 Å². The van der Waals surface area contributed by atoms with Gasteiger partial charge in [-0.05, 0) is 88.5 Å². The number of benzene rings is 2. The maximum Gasteiger partial charge on any atom is 0.341 e. The first-order chi connectivity index (χ1) is 25.9. The minimum atomic E-state index is -1.23. The average Bonchev–Trinajstić information content (AvgIpc) is 3.12. The number of carbonyl (C=O) groups is 2. The van der Waals surface area contributed by atoms with Gasteiger partial charge in [-0.1, -0.05) is 0 Å². The van der Waals surface area contributed by atoms with Crippen molar-refractivity contribution < 1.29 is 47.2 Å². The van der Waals surface area contributed by atoms with E-state index in [4.69, 9.17) is 23.7 Å². The number of ether oxygens (including phenoxy) is 5. The first-order valence-corrected chi connectivity index (χ1v) is 18.5. The Kier molecular flexibility index (Phi) is 19.0. The van der Waals surface area contributed by atoms with Crippen LogP contribution in [0.5, 0.6) is 0 Å². The third-order valence-electron chi connectivity index (χ3n) is 7.20.